The zero-order chi connectivity index (χ0) is 13.1. The normalized spacial score (nSPS) is 10.2. The van der Waals surface area contributed by atoms with E-state index in [1.165, 1.54) is 11.1 Å². The Kier molecular flexibility index (Phi) is 3.47. The molecule has 0 amide bonds. The van der Waals surface area contributed by atoms with Gasteiger partial charge in [0.15, 0.2) is 0 Å². The van der Waals surface area contributed by atoms with Crippen molar-refractivity contribution in [1.29, 1.82) is 0 Å². The van der Waals surface area contributed by atoms with E-state index in [9.17, 15) is 4.79 Å². The highest BCUT2D eigenvalue weighted by molar-refractivity contribution is 5.75. The van der Waals surface area contributed by atoms with E-state index in [2.05, 4.69) is 6.07 Å². The predicted octanol–water partition coefficient (Wildman–Crippen LogP) is 4.22. The molecule has 18 heavy (non-hydrogen) atoms. The molecule has 0 aliphatic rings. The molecular formula is C16H16O2. The minimum atomic E-state index is 0.667. The van der Waals surface area contributed by atoms with Gasteiger partial charge in [-0.05, 0) is 67.8 Å². The molecule has 2 nitrogen and oxygen atoms in total. The maximum atomic E-state index is 10.7. The summed E-state index contributed by atoms with van der Waals surface area (Å²) in [6.45, 7) is 6.02. The van der Waals surface area contributed by atoms with E-state index in [4.69, 9.17) is 4.74 Å². The van der Waals surface area contributed by atoms with E-state index < -0.39 is 0 Å². The first-order valence-electron chi connectivity index (χ1n) is 5.90. The Morgan fingerprint density at radius 3 is 2.17 bits per heavy atom. The number of aldehydes is 1. The molecule has 0 N–H and O–H groups in total. The van der Waals surface area contributed by atoms with Crippen LogP contribution >= 0.6 is 0 Å². The molecule has 2 aromatic carbocycles. The molecule has 0 spiro atoms. The zero-order valence-corrected chi connectivity index (χ0v) is 10.9. The Morgan fingerprint density at radius 1 is 0.944 bits per heavy atom. The number of aryl methyl sites for hydroxylation is 3. The highest BCUT2D eigenvalue weighted by Crippen LogP contribution is 2.27. The van der Waals surface area contributed by atoms with Crippen molar-refractivity contribution >= 4 is 6.29 Å². The van der Waals surface area contributed by atoms with Gasteiger partial charge in [0.05, 0.1) is 0 Å². The number of ether oxygens (including phenoxy) is 1. The fourth-order valence-electron chi connectivity index (χ4n) is 1.98. The third-order valence-electron chi connectivity index (χ3n) is 2.76. The molecule has 0 unspecified atom stereocenters. The molecule has 2 heteroatoms. The molecule has 0 bridgehead atoms. The monoisotopic (exact) mass is 240 g/mol. The first-order chi connectivity index (χ1) is 8.58. The number of rotatable bonds is 3. The highest BCUT2D eigenvalue weighted by atomic mass is 16.5. The lowest BCUT2D eigenvalue weighted by atomic mass is 10.1. The third-order valence-corrected chi connectivity index (χ3v) is 2.76. The lowest BCUT2D eigenvalue weighted by molar-refractivity contribution is 0.112. The van der Waals surface area contributed by atoms with Crippen LogP contribution in [0.3, 0.4) is 0 Å². The van der Waals surface area contributed by atoms with E-state index in [0.29, 0.717) is 5.56 Å². The minimum absolute atomic E-state index is 0.667. The van der Waals surface area contributed by atoms with Crippen LogP contribution in [0.2, 0.25) is 0 Å². The molecule has 0 radical (unpaired) electrons. The second kappa shape index (κ2) is 5.05. The molecule has 2 rings (SSSR count). The van der Waals surface area contributed by atoms with Crippen molar-refractivity contribution < 1.29 is 9.53 Å². The van der Waals surface area contributed by atoms with E-state index in [1.807, 2.05) is 45.0 Å². The average molecular weight is 240 g/mol. The van der Waals surface area contributed by atoms with Crippen molar-refractivity contribution in [3.63, 3.8) is 0 Å². The Labute approximate surface area is 107 Å². The van der Waals surface area contributed by atoms with Crippen LogP contribution in [0, 0.1) is 20.8 Å². The van der Waals surface area contributed by atoms with Gasteiger partial charge in [-0.1, -0.05) is 6.07 Å². The summed E-state index contributed by atoms with van der Waals surface area (Å²) in [6, 6.07) is 11.5. The highest BCUT2D eigenvalue weighted by Gasteiger charge is 2.03. The molecule has 0 heterocycles. The average Bonchev–Trinajstić information content (AvgIpc) is 2.30. The first-order valence-corrected chi connectivity index (χ1v) is 5.90. The number of carbonyl (C=O) groups is 1. The van der Waals surface area contributed by atoms with Crippen molar-refractivity contribution in [2.24, 2.45) is 0 Å². The van der Waals surface area contributed by atoms with Crippen LogP contribution in [0.25, 0.3) is 0 Å². The van der Waals surface area contributed by atoms with Crippen LogP contribution in [0.5, 0.6) is 11.5 Å². The smallest absolute Gasteiger partial charge is 0.150 e. The van der Waals surface area contributed by atoms with Crippen LogP contribution in [-0.2, 0) is 0 Å². The number of hydrogen-bond donors (Lipinski definition) is 0. The van der Waals surface area contributed by atoms with Crippen LogP contribution in [0.4, 0.5) is 0 Å². The van der Waals surface area contributed by atoms with Gasteiger partial charge in [0.2, 0.25) is 0 Å². The van der Waals surface area contributed by atoms with Crippen LogP contribution in [0.1, 0.15) is 27.0 Å². The lowest BCUT2D eigenvalue weighted by Gasteiger charge is -2.10. The molecule has 0 aromatic heterocycles. The topological polar surface area (TPSA) is 26.3 Å². The Balaban J connectivity index is 2.31. The Bertz CT molecular complexity index is 565. The fourth-order valence-corrected chi connectivity index (χ4v) is 1.98. The summed E-state index contributed by atoms with van der Waals surface area (Å²) < 4.78 is 5.85. The van der Waals surface area contributed by atoms with Crippen LogP contribution in [-0.4, -0.2) is 6.29 Å². The van der Waals surface area contributed by atoms with Gasteiger partial charge in [0, 0.05) is 5.56 Å². The molecule has 92 valence electrons. The van der Waals surface area contributed by atoms with E-state index in [1.54, 1.807) is 6.07 Å². The summed E-state index contributed by atoms with van der Waals surface area (Å²) in [6.07, 6.45) is 0.841. The number of benzene rings is 2. The Hall–Kier alpha value is -2.09. The molecule has 2 aromatic rings. The van der Waals surface area contributed by atoms with Crippen molar-refractivity contribution in [1.82, 2.24) is 0 Å². The van der Waals surface area contributed by atoms with Gasteiger partial charge in [-0.2, -0.15) is 0 Å². The number of hydrogen-bond acceptors (Lipinski definition) is 2. The standard InChI is InChI=1S/C16H16O2/c1-11-6-12(2)8-15(7-11)18-16-5-4-14(10-17)9-13(16)3/h4-10H,1-3H3. The molecule has 0 saturated heterocycles. The van der Waals surface area contributed by atoms with Gasteiger partial charge in [0.1, 0.15) is 17.8 Å². The maximum absolute atomic E-state index is 10.7. The fraction of sp³-hybridized carbons (Fsp3) is 0.188. The molecule has 0 atom stereocenters. The van der Waals surface area contributed by atoms with Crippen molar-refractivity contribution in [3.8, 4) is 11.5 Å². The molecule has 0 saturated carbocycles. The van der Waals surface area contributed by atoms with Gasteiger partial charge < -0.3 is 4.74 Å². The molecule has 0 fully saturated rings. The molecule has 0 aliphatic heterocycles. The van der Waals surface area contributed by atoms with Crippen molar-refractivity contribution in [2.45, 2.75) is 20.8 Å². The lowest BCUT2D eigenvalue weighted by Crippen LogP contribution is -1.91. The second-order valence-electron chi connectivity index (χ2n) is 4.57. The number of carbonyl (C=O) groups excluding carboxylic acids is 1. The van der Waals surface area contributed by atoms with Gasteiger partial charge in [-0.25, -0.2) is 0 Å². The predicted molar refractivity (Wildman–Crippen MR) is 72.6 cm³/mol. The SMILES string of the molecule is Cc1cc(C)cc(Oc2ccc(C=O)cc2C)c1. The molecular weight excluding hydrogens is 224 g/mol. The van der Waals surface area contributed by atoms with Crippen LogP contribution in [0.15, 0.2) is 36.4 Å². The first kappa shape index (κ1) is 12.4. The van der Waals surface area contributed by atoms with Gasteiger partial charge in [-0.3, -0.25) is 4.79 Å². The summed E-state index contributed by atoms with van der Waals surface area (Å²) in [7, 11) is 0. The summed E-state index contributed by atoms with van der Waals surface area (Å²) >= 11 is 0. The molecule has 0 aliphatic carbocycles. The summed E-state index contributed by atoms with van der Waals surface area (Å²) in [5.41, 5.74) is 3.97. The van der Waals surface area contributed by atoms with Crippen molar-refractivity contribution in [2.75, 3.05) is 0 Å². The van der Waals surface area contributed by atoms with E-state index in [-0.39, 0.29) is 0 Å². The van der Waals surface area contributed by atoms with E-state index >= 15 is 0 Å². The van der Waals surface area contributed by atoms with Crippen molar-refractivity contribution in [3.05, 3.63) is 58.7 Å². The summed E-state index contributed by atoms with van der Waals surface area (Å²) in [5.74, 6) is 1.61. The third kappa shape index (κ3) is 2.77. The second-order valence-corrected chi connectivity index (χ2v) is 4.57. The largest absolute Gasteiger partial charge is 0.457 e. The zero-order valence-electron chi connectivity index (χ0n) is 10.9. The summed E-state index contributed by atoms with van der Waals surface area (Å²) in [4.78, 5) is 10.7. The maximum Gasteiger partial charge on any atom is 0.150 e. The minimum Gasteiger partial charge on any atom is -0.457 e. The van der Waals surface area contributed by atoms with Crippen LogP contribution < -0.4 is 4.74 Å². The van der Waals surface area contributed by atoms with E-state index in [0.717, 1.165) is 23.3 Å². The quantitative estimate of drug-likeness (QED) is 0.751. The van der Waals surface area contributed by atoms with Gasteiger partial charge >= 0.3 is 0 Å². The Morgan fingerprint density at radius 2 is 1.61 bits per heavy atom. The summed E-state index contributed by atoms with van der Waals surface area (Å²) in [5, 5.41) is 0. The van der Waals surface area contributed by atoms with Gasteiger partial charge in [0.25, 0.3) is 0 Å². The van der Waals surface area contributed by atoms with Gasteiger partial charge in [-0.15, -0.1) is 0 Å².